The normalized spacial score (nSPS) is 25.9. The minimum Gasteiger partial charge on any atom is -0.314 e. The second-order valence-electron chi connectivity index (χ2n) is 6.09. The van der Waals surface area contributed by atoms with Crippen LogP contribution in [0.3, 0.4) is 0 Å². The Morgan fingerprint density at radius 1 is 1.19 bits per heavy atom. The van der Waals surface area contributed by atoms with Crippen LogP contribution in [-0.2, 0) is 0 Å². The molecular weight excluding hydrogens is 196 g/mol. The summed E-state index contributed by atoms with van der Waals surface area (Å²) in [5.41, 5.74) is 0.634. The van der Waals surface area contributed by atoms with Crippen molar-refractivity contribution in [2.75, 3.05) is 26.2 Å². The molecular formula is C14H28N2. The first-order valence-corrected chi connectivity index (χ1v) is 7.16. The van der Waals surface area contributed by atoms with Crippen molar-refractivity contribution in [2.45, 2.75) is 58.4 Å². The Morgan fingerprint density at radius 2 is 1.88 bits per heavy atom. The average Bonchev–Trinajstić information content (AvgIpc) is 2.81. The molecule has 94 valence electrons. The van der Waals surface area contributed by atoms with E-state index in [2.05, 4.69) is 24.1 Å². The fourth-order valence-corrected chi connectivity index (χ4v) is 2.66. The molecule has 0 aromatic rings. The van der Waals surface area contributed by atoms with E-state index < -0.39 is 0 Å². The lowest BCUT2D eigenvalue weighted by Crippen LogP contribution is -2.34. The minimum atomic E-state index is 0.634. The molecule has 1 N–H and O–H groups in total. The maximum absolute atomic E-state index is 3.69. The maximum atomic E-state index is 3.69. The monoisotopic (exact) mass is 224 g/mol. The lowest BCUT2D eigenvalue weighted by Gasteiger charge is -2.20. The predicted molar refractivity (Wildman–Crippen MR) is 69.7 cm³/mol. The van der Waals surface area contributed by atoms with Crippen molar-refractivity contribution in [3.05, 3.63) is 0 Å². The molecule has 1 saturated carbocycles. The van der Waals surface area contributed by atoms with E-state index in [9.17, 15) is 0 Å². The summed E-state index contributed by atoms with van der Waals surface area (Å²) < 4.78 is 0. The molecule has 16 heavy (non-hydrogen) atoms. The number of unbranched alkanes of at least 4 members (excludes halogenated alkanes) is 1. The van der Waals surface area contributed by atoms with Crippen molar-refractivity contribution in [2.24, 2.45) is 5.41 Å². The van der Waals surface area contributed by atoms with Gasteiger partial charge in [-0.1, -0.05) is 6.92 Å². The summed E-state index contributed by atoms with van der Waals surface area (Å²) in [4.78, 5) is 2.62. The summed E-state index contributed by atoms with van der Waals surface area (Å²) in [5.74, 6) is 0. The first-order valence-electron chi connectivity index (χ1n) is 7.16. The maximum Gasteiger partial charge on any atom is 0.00925 e. The zero-order valence-corrected chi connectivity index (χ0v) is 11.1. The number of likely N-dealkylation sites (tertiary alicyclic amines) is 1. The van der Waals surface area contributed by atoms with E-state index in [0.717, 1.165) is 6.04 Å². The molecule has 2 heteroatoms. The van der Waals surface area contributed by atoms with E-state index in [0.29, 0.717) is 5.41 Å². The van der Waals surface area contributed by atoms with Crippen molar-refractivity contribution in [1.29, 1.82) is 0 Å². The molecule has 0 amide bonds. The number of nitrogens with one attached hydrogen (secondary N) is 1. The lowest BCUT2D eigenvalue weighted by molar-refractivity contribution is 0.322. The molecule has 0 aromatic heterocycles. The van der Waals surface area contributed by atoms with Gasteiger partial charge in [-0.05, 0) is 77.0 Å². The Kier molecular flexibility index (Phi) is 4.26. The van der Waals surface area contributed by atoms with E-state index in [1.165, 1.54) is 64.7 Å². The van der Waals surface area contributed by atoms with Gasteiger partial charge < -0.3 is 10.2 Å². The molecule has 2 rings (SSSR count). The van der Waals surface area contributed by atoms with Crippen LogP contribution in [-0.4, -0.2) is 37.1 Å². The standard InChI is InChI=1S/C14H28N2/c1-13(14(2)7-8-14)15-9-3-4-10-16-11-5-6-12-16/h13,15H,3-12H2,1-2H3. The van der Waals surface area contributed by atoms with Crippen LogP contribution in [0.1, 0.15) is 52.4 Å². The SMILES string of the molecule is CC(NCCCCN1CCCC1)C1(C)CC1. The molecule has 0 bridgehead atoms. The van der Waals surface area contributed by atoms with Gasteiger partial charge in [-0.3, -0.25) is 0 Å². The summed E-state index contributed by atoms with van der Waals surface area (Å²) in [6.45, 7) is 10.0. The van der Waals surface area contributed by atoms with Gasteiger partial charge >= 0.3 is 0 Å². The van der Waals surface area contributed by atoms with E-state index in [4.69, 9.17) is 0 Å². The molecule has 1 unspecified atom stereocenters. The summed E-state index contributed by atoms with van der Waals surface area (Å²) in [7, 11) is 0. The first kappa shape index (κ1) is 12.4. The molecule has 2 nitrogen and oxygen atoms in total. The molecule has 0 aromatic carbocycles. The fourth-order valence-electron chi connectivity index (χ4n) is 2.66. The van der Waals surface area contributed by atoms with Gasteiger partial charge in [0, 0.05) is 6.04 Å². The van der Waals surface area contributed by atoms with E-state index >= 15 is 0 Å². The van der Waals surface area contributed by atoms with Crippen LogP contribution in [0.5, 0.6) is 0 Å². The third-order valence-corrected chi connectivity index (χ3v) is 4.63. The Hall–Kier alpha value is -0.0800. The number of hydrogen-bond donors (Lipinski definition) is 1. The van der Waals surface area contributed by atoms with Gasteiger partial charge in [0.25, 0.3) is 0 Å². The van der Waals surface area contributed by atoms with E-state index in [1.54, 1.807) is 0 Å². The van der Waals surface area contributed by atoms with Gasteiger partial charge in [0.2, 0.25) is 0 Å². The molecule has 1 atom stereocenters. The van der Waals surface area contributed by atoms with Gasteiger partial charge in [-0.2, -0.15) is 0 Å². The third-order valence-electron chi connectivity index (χ3n) is 4.63. The minimum absolute atomic E-state index is 0.634. The molecule has 1 aliphatic heterocycles. The van der Waals surface area contributed by atoms with Crippen molar-refractivity contribution in [1.82, 2.24) is 10.2 Å². The number of nitrogens with zero attached hydrogens (tertiary/aromatic N) is 1. The summed E-state index contributed by atoms with van der Waals surface area (Å²) in [5, 5.41) is 3.69. The largest absolute Gasteiger partial charge is 0.314 e. The second-order valence-corrected chi connectivity index (χ2v) is 6.09. The number of hydrogen-bond acceptors (Lipinski definition) is 2. The van der Waals surface area contributed by atoms with Crippen LogP contribution in [0.25, 0.3) is 0 Å². The Balaban J connectivity index is 1.45. The van der Waals surface area contributed by atoms with Crippen molar-refractivity contribution < 1.29 is 0 Å². The highest BCUT2D eigenvalue weighted by molar-refractivity contribution is 4.96. The second kappa shape index (κ2) is 5.50. The van der Waals surface area contributed by atoms with Crippen molar-refractivity contribution in [3.8, 4) is 0 Å². The summed E-state index contributed by atoms with van der Waals surface area (Å²) in [6, 6.07) is 0.722. The zero-order chi connectivity index (χ0) is 11.4. The van der Waals surface area contributed by atoms with Crippen LogP contribution in [0.4, 0.5) is 0 Å². The van der Waals surface area contributed by atoms with E-state index in [1.807, 2.05) is 0 Å². The van der Waals surface area contributed by atoms with Crippen molar-refractivity contribution in [3.63, 3.8) is 0 Å². The van der Waals surface area contributed by atoms with Gasteiger partial charge in [-0.25, -0.2) is 0 Å². The van der Waals surface area contributed by atoms with Crippen LogP contribution >= 0.6 is 0 Å². The highest BCUT2D eigenvalue weighted by Gasteiger charge is 2.41. The van der Waals surface area contributed by atoms with Gasteiger partial charge in [0.15, 0.2) is 0 Å². The van der Waals surface area contributed by atoms with Gasteiger partial charge in [-0.15, -0.1) is 0 Å². The highest BCUT2D eigenvalue weighted by atomic mass is 15.1. The lowest BCUT2D eigenvalue weighted by atomic mass is 10.0. The Labute approximate surface area is 101 Å². The third kappa shape index (κ3) is 3.46. The highest BCUT2D eigenvalue weighted by Crippen LogP contribution is 2.47. The molecule has 2 aliphatic rings. The van der Waals surface area contributed by atoms with E-state index in [-0.39, 0.29) is 0 Å². The molecule has 0 spiro atoms. The van der Waals surface area contributed by atoms with Crippen LogP contribution in [0.15, 0.2) is 0 Å². The molecule has 1 saturated heterocycles. The zero-order valence-electron chi connectivity index (χ0n) is 11.1. The number of rotatable bonds is 7. The molecule has 1 heterocycles. The first-order chi connectivity index (χ1) is 7.71. The van der Waals surface area contributed by atoms with Crippen LogP contribution < -0.4 is 5.32 Å². The molecule has 1 aliphatic carbocycles. The van der Waals surface area contributed by atoms with Crippen molar-refractivity contribution >= 4 is 0 Å². The van der Waals surface area contributed by atoms with Crippen LogP contribution in [0, 0.1) is 5.41 Å². The molecule has 2 fully saturated rings. The molecule has 0 radical (unpaired) electrons. The predicted octanol–water partition coefficient (Wildman–Crippen LogP) is 2.64. The van der Waals surface area contributed by atoms with Gasteiger partial charge in [0.1, 0.15) is 0 Å². The smallest absolute Gasteiger partial charge is 0.00925 e. The Bertz CT molecular complexity index is 205. The fraction of sp³-hybridized carbons (Fsp3) is 1.00. The Morgan fingerprint density at radius 3 is 2.50 bits per heavy atom. The van der Waals surface area contributed by atoms with Gasteiger partial charge in [0.05, 0.1) is 0 Å². The summed E-state index contributed by atoms with van der Waals surface area (Å²) in [6.07, 6.45) is 8.42. The van der Waals surface area contributed by atoms with Crippen LogP contribution in [0.2, 0.25) is 0 Å². The summed E-state index contributed by atoms with van der Waals surface area (Å²) >= 11 is 0. The quantitative estimate of drug-likeness (QED) is 0.669. The topological polar surface area (TPSA) is 15.3 Å². The average molecular weight is 224 g/mol.